The highest BCUT2D eigenvalue weighted by Gasteiger charge is 2.38. The van der Waals surface area contributed by atoms with Gasteiger partial charge in [0.2, 0.25) is 0 Å². The third-order valence-electron chi connectivity index (χ3n) is 2.75. The van der Waals surface area contributed by atoms with Crippen LogP contribution in [0, 0.1) is 0 Å². The fourth-order valence-electron chi connectivity index (χ4n) is 2.02. The summed E-state index contributed by atoms with van der Waals surface area (Å²) in [7, 11) is 1.69. The van der Waals surface area contributed by atoms with E-state index in [1.165, 1.54) is 5.57 Å². The second-order valence-electron chi connectivity index (χ2n) is 3.62. The van der Waals surface area contributed by atoms with Crippen molar-refractivity contribution in [2.24, 2.45) is 0 Å². The highest BCUT2D eigenvalue weighted by molar-refractivity contribution is 5.04. The molecule has 1 aliphatic heterocycles. The van der Waals surface area contributed by atoms with Gasteiger partial charge in [-0.05, 0) is 18.4 Å². The van der Waals surface area contributed by atoms with Crippen LogP contribution in [0.1, 0.15) is 39.5 Å². The topological polar surface area (TPSA) is 27.7 Å². The first-order chi connectivity index (χ1) is 7.35. The lowest BCUT2D eigenvalue weighted by Gasteiger charge is -2.32. The molecule has 1 heterocycles. The van der Waals surface area contributed by atoms with Crippen LogP contribution in [0.15, 0.2) is 11.8 Å². The summed E-state index contributed by atoms with van der Waals surface area (Å²) in [4.78, 5) is 0. The normalized spacial score (nSPS) is 23.3. The van der Waals surface area contributed by atoms with Crippen LogP contribution in [0.3, 0.4) is 0 Å². The van der Waals surface area contributed by atoms with E-state index < -0.39 is 0 Å². The average molecular weight is 214 g/mol. The van der Waals surface area contributed by atoms with E-state index in [0.717, 1.165) is 38.9 Å². The molecule has 88 valence electrons. The van der Waals surface area contributed by atoms with Crippen LogP contribution in [0.2, 0.25) is 0 Å². The van der Waals surface area contributed by atoms with Crippen LogP contribution in [-0.4, -0.2) is 26.1 Å². The molecule has 0 aromatic carbocycles. The van der Waals surface area contributed by atoms with E-state index in [1.807, 2.05) is 20.1 Å². The van der Waals surface area contributed by atoms with Gasteiger partial charge in [-0.3, -0.25) is 0 Å². The molecule has 15 heavy (non-hydrogen) atoms. The molecule has 1 saturated heterocycles. The second-order valence-corrected chi connectivity index (χ2v) is 3.62. The number of hydrogen-bond donors (Lipinski definition) is 0. The Kier molecular flexibility index (Phi) is 5.12. The zero-order valence-corrected chi connectivity index (χ0v) is 10.0. The van der Waals surface area contributed by atoms with Gasteiger partial charge >= 0.3 is 0 Å². The molecule has 2 rings (SSSR count). The van der Waals surface area contributed by atoms with Gasteiger partial charge in [-0.2, -0.15) is 0 Å². The molecule has 3 nitrogen and oxygen atoms in total. The summed E-state index contributed by atoms with van der Waals surface area (Å²) in [5.41, 5.74) is 1.37. The maximum atomic E-state index is 5.62. The number of methoxy groups -OCH3 is 1. The van der Waals surface area contributed by atoms with Crippen molar-refractivity contribution in [2.75, 3.05) is 20.3 Å². The Balaban J connectivity index is 0.000000531. The van der Waals surface area contributed by atoms with Crippen molar-refractivity contribution in [1.29, 1.82) is 0 Å². The molecule has 0 aromatic heterocycles. The van der Waals surface area contributed by atoms with Crippen molar-refractivity contribution in [1.82, 2.24) is 0 Å². The first kappa shape index (κ1) is 12.5. The Bertz CT molecular complexity index is 193. The maximum Gasteiger partial charge on any atom is 0.169 e. The number of hydrogen-bond acceptors (Lipinski definition) is 3. The first-order valence-corrected chi connectivity index (χ1v) is 5.83. The molecular weight excluding hydrogens is 192 g/mol. The fourth-order valence-corrected chi connectivity index (χ4v) is 2.02. The molecule has 0 atom stereocenters. The zero-order chi connectivity index (χ0) is 11.1. The van der Waals surface area contributed by atoms with Crippen molar-refractivity contribution < 1.29 is 14.2 Å². The Morgan fingerprint density at radius 2 is 1.67 bits per heavy atom. The minimum atomic E-state index is -0.245. The van der Waals surface area contributed by atoms with E-state index in [9.17, 15) is 0 Å². The van der Waals surface area contributed by atoms with Crippen LogP contribution in [0.4, 0.5) is 0 Å². The standard InChI is InChI=1S/C10H16O3.C2H6/c1-11-8-9-2-4-10(5-3-9)12-6-7-13-10;1-2/h8H,2-7H2,1H3;1-2H3. The molecule has 2 aliphatic rings. The van der Waals surface area contributed by atoms with E-state index in [1.54, 1.807) is 7.11 Å². The highest BCUT2D eigenvalue weighted by Crippen LogP contribution is 2.37. The minimum absolute atomic E-state index is 0.245. The molecule has 0 N–H and O–H groups in total. The number of rotatable bonds is 1. The predicted octanol–water partition coefficient (Wildman–Crippen LogP) is 2.86. The minimum Gasteiger partial charge on any atom is -0.504 e. The molecule has 0 unspecified atom stereocenters. The van der Waals surface area contributed by atoms with Gasteiger partial charge in [0.1, 0.15) is 0 Å². The molecule has 1 spiro atoms. The fraction of sp³-hybridized carbons (Fsp3) is 0.833. The van der Waals surface area contributed by atoms with Crippen molar-refractivity contribution in [3.05, 3.63) is 11.8 Å². The van der Waals surface area contributed by atoms with Gasteiger partial charge in [0.25, 0.3) is 0 Å². The lowest BCUT2D eigenvalue weighted by atomic mass is 9.90. The summed E-state index contributed by atoms with van der Waals surface area (Å²) in [5.74, 6) is -0.245. The van der Waals surface area contributed by atoms with Gasteiger partial charge in [-0.25, -0.2) is 0 Å². The van der Waals surface area contributed by atoms with Crippen molar-refractivity contribution in [2.45, 2.75) is 45.3 Å². The van der Waals surface area contributed by atoms with Gasteiger partial charge in [-0.1, -0.05) is 13.8 Å². The summed E-state index contributed by atoms with van der Waals surface area (Å²) >= 11 is 0. The molecular formula is C12H22O3. The summed E-state index contributed by atoms with van der Waals surface area (Å²) < 4.78 is 16.2. The predicted molar refractivity (Wildman–Crippen MR) is 59.5 cm³/mol. The van der Waals surface area contributed by atoms with Crippen LogP contribution in [-0.2, 0) is 14.2 Å². The monoisotopic (exact) mass is 214 g/mol. The largest absolute Gasteiger partial charge is 0.504 e. The second kappa shape index (κ2) is 6.13. The van der Waals surface area contributed by atoms with Crippen molar-refractivity contribution in [3.63, 3.8) is 0 Å². The Hall–Kier alpha value is -0.540. The maximum absolute atomic E-state index is 5.62. The quantitative estimate of drug-likeness (QED) is 0.628. The van der Waals surface area contributed by atoms with Gasteiger partial charge in [0.05, 0.1) is 26.6 Å². The summed E-state index contributed by atoms with van der Waals surface area (Å²) in [6, 6.07) is 0. The summed E-state index contributed by atoms with van der Waals surface area (Å²) in [6.45, 7) is 5.51. The zero-order valence-electron chi connectivity index (χ0n) is 10.0. The Morgan fingerprint density at radius 3 is 2.13 bits per heavy atom. The number of allylic oxidation sites excluding steroid dienone is 1. The molecule has 1 aliphatic carbocycles. The van der Waals surface area contributed by atoms with Crippen LogP contribution in [0.25, 0.3) is 0 Å². The van der Waals surface area contributed by atoms with Gasteiger partial charge in [0.15, 0.2) is 5.79 Å². The first-order valence-electron chi connectivity index (χ1n) is 5.83. The Morgan fingerprint density at radius 1 is 1.13 bits per heavy atom. The molecule has 1 saturated carbocycles. The molecule has 0 amide bonds. The van der Waals surface area contributed by atoms with Gasteiger partial charge in [0, 0.05) is 12.8 Å². The van der Waals surface area contributed by atoms with E-state index in [-0.39, 0.29) is 5.79 Å². The molecule has 3 heteroatoms. The lowest BCUT2D eigenvalue weighted by molar-refractivity contribution is -0.171. The summed E-state index contributed by atoms with van der Waals surface area (Å²) in [6.07, 6.45) is 5.87. The van der Waals surface area contributed by atoms with Gasteiger partial charge in [-0.15, -0.1) is 0 Å². The smallest absolute Gasteiger partial charge is 0.169 e. The van der Waals surface area contributed by atoms with E-state index >= 15 is 0 Å². The van der Waals surface area contributed by atoms with Crippen LogP contribution < -0.4 is 0 Å². The lowest BCUT2D eigenvalue weighted by Crippen LogP contribution is -2.33. The third-order valence-corrected chi connectivity index (χ3v) is 2.75. The van der Waals surface area contributed by atoms with Gasteiger partial charge < -0.3 is 14.2 Å². The van der Waals surface area contributed by atoms with E-state index in [0.29, 0.717) is 0 Å². The van der Waals surface area contributed by atoms with Crippen LogP contribution >= 0.6 is 0 Å². The Labute approximate surface area is 92.4 Å². The molecule has 0 radical (unpaired) electrons. The molecule has 0 aromatic rings. The number of ether oxygens (including phenoxy) is 3. The third kappa shape index (κ3) is 3.21. The SMILES string of the molecule is CC.COC=C1CCC2(CC1)OCCO2. The van der Waals surface area contributed by atoms with E-state index in [4.69, 9.17) is 14.2 Å². The van der Waals surface area contributed by atoms with Crippen molar-refractivity contribution >= 4 is 0 Å². The molecule has 0 bridgehead atoms. The van der Waals surface area contributed by atoms with Crippen LogP contribution in [0.5, 0.6) is 0 Å². The van der Waals surface area contributed by atoms with E-state index in [2.05, 4.69) is 0 Å². The summed E-state index contributed by atoms with van der Waals surface area (Å²) in [5, 5.41) is 0. The average Bonchev–Trinajstić information content (AvgIpc) is 2.74. The highest BCUT2D eigenvalue weighted by atomic mass is 16.7. The van der Waals surface area contributed by atoms with Crippen molar-refractivity contribution in [3.8, 4) is 0 Å². The molecule has 2 fully saturated rings.